The molecule has 1 aromatic heterocycles. The van der Waals surface area contributed by atoms with Crippen LogP contribution in [-0.4, -0.2) is 36.1 Å². The molecule has 4 rings (SSSR count). The van der Waals surface area contributed by atoms with Crippen molar-refractivity contribution in [1.82, 2.24) is 15.2 Å². The second kappa shape index (κ2) is 8.29. The fourth-order valence-corrected chi connectivity index (χ4v) is 3.84. The van der Waals surface area contributed by atoms with Crippen LogP contribution in [0.4, 0.5) is 0 Å². The Morgan fingerprint density at radius 3 is 2.48 bits per heavy atom. The van der Waals surface area contributed by atoms with Crippen LogP contribution in [0.5, 0.6) is 0 Å². The fraction of sp³-hybridized carbons (Fsp3) is 0.500. The second-order valence-electron chi connectivity index (χ2n) is 6.34. The highest BCUT2D eigenvalue weighted by atomic mass is 35.5. The molecule has 5 heteroatoms. The van der Waals surface area contributed by atoms with Crippen LogP contribution in [0.25, 0.3) is 10.9 Å². The van der Waals surface area contributed by atoms with Crippen LogP contribution < -0.4 is 5.32 Å². The molecule has 2 heterocycles. The molecule has 1 saturated heterocycles. The van der Waals surface area contributed by atoms with Gasteiger partial charge in [0, 0.05) is 43.8 Å². The van der Waals surface area contributed by atoms with Gasteiger partial charge in [-0.15, -0.1) is 24.8 Å². The minimum Gasteiger partial charge on any atom is -0.314 e. The molecule has 0 bridgehead atoms. The number of halogens is 2. The molecule has 1 N–H and O–H groups in total. The Morgan fingerprint density at radius 2 is 1.78 bits per heavy atom. The van der Waals surface area contributed by atoms with E-state index in [0.29, 0.717) is 6.04 Å². The van der Waals surface area contributed by atoms with Gasteiger partial charge in [0.05, 0.1) is 5.52 Å². The van der Waals surface area contributed by atoms with Gasteiger partial charge >= 0.3 is 0 Å². The second-order valence-corrected chi connectivity index (χ2v) is 6.34. The molecule has 0 radical (unpaired) electrons. The molecule has 1 aromatic carbocycles. The van der Waals surface area contributed by atoms with Gasteiger partial charge in [-0.25, -0.2) is 0 Å². The summed E-state index contributed by atoms with van der Waals surface area (Å²) in [6.45, 7) is 4.56. The first-order valence-electron chi connectivity index (χ1n) is 8.22. The number of nitrogens with one attached hydrogen (secondary N) is 1. The SMILES string of the molecule is Cl.Cl.c1ccc2c([C@@H](C3CCC3)N3CCNCC3)ccnc2c1. The zero-order chi connectivity index (χ0) is 14.1. The Hall–Kier alpha value is -0.870. The summed E-state index contributed by atoms with van der Waals surface area (Å²) in [5, 5.41) is 4.82. The maximum Gasteiger partial charge on any atom is 0.0705 e. The van der Waals surface area contributed by atoms with E-state index < -0.39 is 0 Å². The molecule has 3 nitrogen and oxygen atoms in total. The van der Waals surface area contributed by atoms with E-state index in [4.69, 9.17) is 0 Å². The Bertz CT molecular complexity index is 619. The number of fused-ring (bicyclic) bond motifs is 1. The first-order valence-corrected chi connectivity index (χ1v) is 8.22. The summed E-state index contributed by atoms with van der Waals surface area (Å²) >= 11 is 0. The molecular weight excluding hydrogens is 329 g/mol. The Kier molecular flexibility index (Phi) is 6.66. The summed E-state index contributed by atoms with van der Waals surface area (Å²) < 4.78 is 0. The molecule has 2 aliphatic rings. The van der Waals surface area contributed by atoms with Crippen LogP contribution >= 0.6 is 24.8 Å². The van der Waals surface area contributed by atoms with Crippen molar-refractivity contribution in [1.29, 1.82) is 0 Å². The Morgan fingerprint density at radius 1 is 1.04 bits per heavy atom. The topological polar surface area (TPSA) is 28.2 Å². The maximum absolute atomic E-state index is 4.54. The number of para-hydroxylation sites is 1. The average Bonchev–Trinajstić information content (AvgIpc) is 2.51. The lowest BCUT2D eigenvalue weighted by molar-refractivity contribution is 0.0846. The van der Waals surface area contributed by atoms with E-state index in [0.717, 1.165) is 37.6 Å². The van der Waals surface area contributed by atoms with Gasteiger partial charge < -0.3 is 5.32 Å². The number of hydrogen-bond acceptors (Lipinski definition) is 3. The van der Waals surface area contributed by atoms with Crippen LogP contribution in [-0.2, 0) is 0 Å². The molecule has 0 unspecified atom stereocenters. The zero-order valence-electron chi connectivity index (χ0n) is 13.3. The van der Waals surface area contributed by atoms with E-state index in [1.54, 1.807) is 0 Å². The van der Waals surface area contributed by atoms with Gasteiger partial charge in [-0.3, -0.25) is 9.88 Å². The minimum absolute atomic E-state index is 0. The number of piperazine rings is 1. The molecule has 1 aliphatic heterocycles. The highest BCUT2D eigenvalue weighted by Crippen LogP contribution is 2.43. The standard InChI is InChI=1S/C18H23N3.2ClH/c1-2-7-17-15(6-1)16(8-9-20-17)18(14-4-3-5-14)21-12-10-19-11-13-21;;/h1-2,6-9,14,18-19H,3-5,10-13H2;2*1H/t18-;;/m1../s1. The smallest absolute Gasteiger partial charge is 0.0705 e. The van der Waals surface area contributed by atoms with Crippen molar-refractivity contribution >= 4 is 35.7 Å². The molecule has 1 atom stereocenters. The summed E-state index contributed by atoms with van der Waals surface area (Å²) in [6, 6.07) is 11.4. The first kappa shape index (κ1) is 18.5. The Balaban J connectivity index is 0.000000960. The van der Waals surface area contributed by atoms with Crippen molar-refractivity contribution in [3.8, 4) is 0 Å². The lowest BCUT2D eigenvalue weighted by Gasteiger charge is -2.43. The van der Waals surface area contributed by atoms with Crippen molar-refractivity contribution in [3.63, 3.8) is 0 Å². The highest BCUT2D eigenvalue weighted by Gasteiger charge is 2.34. The number of benzene rings is 1. The van der Waals surface area contributed by atoms with Gasteiger partial charge in [0.25, 0.3) is 0 Å². The molecule has 0 spiro atoms. The fourth-order valence-electron chi connectivity index (χ4n) is 3.84. The van der Waals surface area contributed by atoms with Crippen LogP contribution in [0.1, 0.15) is 30.9 Å². The van der Waals surface area contributed by atoms with Crippen LogP contribution in [0.15, 0.2) is 36.5 Å². The number of pyridine rings is 1. The predicted octanol–water partition coefficient (Wildman–Crippen LogP) is 3.82. The van der Waals surface area contributed by atoms with E-state index >= 15 is 0 Å². The zero-order valence-corrected chi connectivity index (χ0v) is 14.9. The molecule has 0 amide bonds. The third-order valence-corrected chi connectivity index (χ3v) is 5.14. The quantitative estimate of drug-likeness (QED) is 0.908. The lowest BCUT2D eigenvalue weighted by atomic mass is 9.75. The van der Waals surface area contributed by atoms with Gasteiger partial charge in [-0.1, -0.05) is 24.6 Å². The summed E-state index contributed by atoms with van der Waals surface area (Å²) in [5.74, 6) is 0.828. The van der Waals surface area contributed by atoms with Crippen molar-refractivity contribution in [3.05, 3.63) is 42.1 Å². The molecule has 23 heavy (non-hydrogen) atoms. The minimum atomic E-state index is 0. The number of hydrogen-bond donors (Lipinski definition) is 1. The number of rotatable bonds is 3. The summed E-state index contributed by atoms with van der Waals surface area (Å²) in [4.78, 5) is 7.24. The van der Waals surface area contributed by atoms with Gasteiger partial charge in [0.1, 0.15) is 0 Å². The summed E-state index contributed by atoms with van der Waals surface area (Å²) in [6.07, 6.45) is 6.15. The third kappa shape index (κ3) is 3.63. The molecule has 126 valence electrons. The molecule has 1 saturated carbocycles. The molecule has 1 aliphatic carbocycles. The van der Waals surface area contributed by atoms with Crippen LogP contribution in [0, 0.1) is 5.92 Å². The van der Waals surface area contributed by atoms with E-state index in [-0.39, 0.29) is 24.8 Å². The monoisotopic (exact) mass is 353 g/mol. The van der Waals surface area contributed by atoms with Crippen molar-refractivity contribution < 1.29 is 0 Å². The molecule has 2 aromatic rings. The predicted molar refractivity (Wildman–Crippen MR) is 101 cm³/mol. The van der Waals surface area contributed by atoms with E-state index in [1.165, 1.54) is 30.2 Å². The van der Waals surface area contributed by atoms with E-state index in [9.17, 15) is 0 Å². The maximum atomic E-state index is 4.54. The lowest BCUT2D eigenvalue weighted by Crippen LogP contribution is -2.47. The van der Waals surface area contributed by atoms with E-state index in [2.05, 4.69) is 45.5 Å². The summed E-state index contributed by atoms with van der Waals surface area (Å²) in [7, 11) is 0. The van der Waals surface area contributed by atoms with Crippen molar-refractivity contribution in [2.24, 2.45) is 5.92 Å². The first-order chi connectivity index (χ1) is 10.4. The number of aromatic nitrogens is 1. The van der Waals surface area contributed by atoms with Crippen molar-refractivity contribution in [2.75, 3.05) is 26.2 Å². The largest absolute Gasteiger partial charge is 0.314 e. The highest BCUT2D eigenvalue weighted by molar-refractivity contribution is 5.85. The molecule has 2 fully saturated rings. The molecular formula is C18H25Cl2N3. The van der Waals surface area contributed by atoms with Gasteiger partial charge in [-0.2, -0.15) is 0 Å². The van der Waals surface area contributed by atoms with Crippen molar-refractivity contribution in [2.45, 2.75) is 25.3 Å². The van der Waals surface area contributed by atoms with Gasteiger partial charge in [-0.05, 0) is 36.5 Å². The third-order valence-electron chi connectivity index (χ3n) is 5.14. The van der Waals surface area contributed by atoms with Crippen LogP contribution in [0.3, 0.4) is 0 Å². The number of nitrogens with zero attached hydrogens (tertiary/aromatic N) is 2. The normalized spacial score (nSPS) is 20.2. The summed E-state index contributed by atoms with van der Waals surface area (Å²) in [5.41, 5.74) is 2.63. The Labute approximate surface area is 150 Å². The van der Waals surface area contributed by atoms with Gasteiger partial charge in [0.2, 0.25) is 0 Å². The average molecular weight is 354 g/mol. The van der Waals surface area contributed by atoms with E-state index in [1.807, 2.05) is 6.20 Å². The van der Waals surface area contributed by atoms with Gasteiger partial charge in [0.15, 0.2) is 0 Å². The van der Waals surface area contributed by atoms with Crippen LogP contribution in [0.2, 0.25) is 0 Å².